The number of aliphatic hydroxyl groups is 1. The molecule has 1 N–H and O–H groups in total. The molecule has 0 aliphatic heterocycles. The van der Waals surface area contributed by atoms with Crippen molar-refractivity contribution in [2.24, 2.45) is 5.41 Å². The molecule has 31 heavy (non-hydrogen) atoms. The fraction of sp³-hybridized carbons (Fsp3) is 1.00. The Kier molecular flexibility index (Phi) is 8.31. The van der Waals surface area contributed by atoms with Crippen LogP contribution in [-0.2, 0) is 14.2 Å². The monoisotopic (exact) mass is 480 g/mol. The zero-order valence-electron chi connectivity index (χ0n) is 18.5. The molecule has 0 saturated heterocycles. The van der Waals surface area contributed by atoms with Gasteiger partial charge in [-0.25, -0.2) is 0 Å². The van der Waals surface area contributed by atoms with E-state index >= 15 is 0 Å². The molecular formula is C18H29F9O4. The lowest BCUT2D eigenvalue weighted by molar-refractivity contribution is -0.464. The number of ether oxygens (including phenoxy) is 3. The highest BCUT2D eigenvalue weighted by Gasteiger charge is 2.72. The van der Waals surface area contributed by atoms with Crippen molar-refractivity contribution in [1.29, 1.82) is 0 Å². The van der Waals surface area contributed by atoms with Crippen LogP contribution in [-0.4, -0.2) is 53.0 Å². The van der Waals surface area contributed by atoms with E-state index in [0.29, 0.717) is 27.7 Å². The van der Waals surface area contributed by atoms with Crippen LogP contribution in [0.15, 0.2) is 0 Å². The van der Waals surface area contributed by atoms with Crippen molar-refractivity contribution in [2.45, 2.75) is 103 Å². The van der Waals surface area contributed by atoms with Gasteiger partial charge < -0.3 is 14.6 Å². The number of rotatable bonds is 11. The highest BCUT2D eigenvalue weighted by molar-refractivity contribution is 5.00. The molecule has 0 aliphatic carbocycles. The molecule has 0 fully saturated rings. The highest BCUT2D eigenvalue weighted by Crippen LogP contribution is 2.54. The molecule has 188 valence electrons. The lowest BCUT2D eigenvalue weighted by Gasteiger charge is -2.49. The van der Waals surface area contributed by atoms with Crippen LogP contribution in [0.1, 0.15) is 61.8 Å². The zero-order valence-corrected chi connectivity index (χ0v) is 18.5. The number of alkyl halides is 9. The average Bonchev–Trinajstić information content (AvgIpc) is 2.41. The Morgan fingerprint density at radius 1 is 0.581 bits per heavy atom. The van der Waals surface area contributed by atoms with Gasteiger partial charge in [-0.05, 0) is 61.8 Å². The van der Waals surface area contributed by atoms with E-state index in [-0.39, 0.29) is 20.3 Å². The lowest BCUT2D eigenvalue weighted by atomic mass is 9.75. The van der Waals surface area contributed by atoms with Gasteiger partial charge in [-0.1, -0.05) is 0 Å². The minimum atomic E-state index is -5.68. The standard InChI is InChI=1S/C18H29F9O4/c1-11(2,9-10-28)29-16(21,22)12(3,4)13(5,6)30-17(23,24)15(19,20)14(7,8)31-18(25,26)27/h28H,9-10H2,1-8H3. The Morgan fingerprint density at radius 3 is 1.35 bits per heavy atom. The van der Waals surface area contributed by atoms with Crippen LogP contribution >= 0.6 is 0 Å². The quantitative estimate of drug-likeness (QED) is 0.362. The van der Waals surface area contributed by atoms with E-state index in [0.717, 1.165) is 0 Å². The maximum absolute atomic E-state index is 14.9. The number of hydrogen-bond donors (Lipinski definition) is 1. The van der Waals surface area contributed by atoms with E-state index in [1.54, 1.807) is 0 Å². The summed E-state index contributed by atoms with van der Waals surface area (Å²) in [5.74, 6) is -5.59. The van der Waals surface area contributed by atoms with Crippen LogP contribution in [0.25, 0.3) is 0 Å². The van der Waals surface area contributed by atoms with E-state index < -0.39 is 53.3 Å². The summed E-state index contributed by atoms with van der Waals surface area (Å²) in [6, 6.07) is 0. The Morgan fingerprint density at radius 2 is 1.00 bits per heavy atom. The molecule has 0 saturated carbocycles. The third-order valence-corrected chi connectivity index (χ3v) is 5.23. The molecule has 0 aromatic rings. The first-order chi connectivity index (χ1) is 13.2. The van der Waals surface area contributed by atoms with Gasteiger partial charge in [0.15, 0.2) is 0 Å². The van der Waals surface area contributed by atoms with E-state index in [1.807, 2.05) is 0 Å². The van der Waals surface area contributed by atoms with E-state index in [4.69, 9.17) is 5.11 Å². The van der Waals surface area contributed by atoms with Gasteiger partial charge in [0.2, 0.25) is 0 Å². The smallest absolute Gasteiger partial charge is 0.396 e. The summed E-state index contributed by atoms with van der Waals surface area (Å²) in [6.07, 6.45) is -15.9. The third-order valence-electron chi connectivity index (χ3n) is 5.23. The molecule has 0 unspecified atom stereocenters. The molecule has 0 heterocycles. The molecule has 0 aliphatic rings. The van der Waals surface area contributed by atoms with E-state index in [1.165, 1.54) is 13.8 Å². The molecule has 0 spiro atoms. The minimum absolute atomic E-state index is 0.0605. The first-order valence-corrected chi connectivity index (χ1v) is 9.10. The topological polar surface area (TPSA) is 47.9 Å². The van der Waals surface area contributed by atoms with Gasteiger partial charge in [-0.3, -0.25) is 4.74 Å². The molecule has 0 aromatic heterocycles. The molecular weight excluding hydrogens is 451 g/mol. The molecule has 0 radical (unpaired) electrons. The van der Waals surface area contributed by atoms with Crippen LogP contribution in [0, 0.1) is 5.41 Å². The lowest BCUT2D eigenvalue weighted by Crippen LogP contribution is -2.64. The predicted molar refractivity (Wildman–Crippen MR) is 91.9 cm³/mol. The van der Waals surface area contributed by atoms with Crippen molar-refractivity contribution < 1.29 is 58.8 Å². The normalized spacial score (nSPS) is 16.1. The van der Waals surface area contributed by atoms with Gasteiger partial charge in [-0.15, -0.1) is 13.2 Å². The summed E-state index contributed by atoms with van der Waals surface area (Å²) in [4.78, 5) is 0. The van der Waals surface area contributed by atoms with Crippen molar-refractivity contribution in [1.82, 2.24) is 0 Å². The Hall–Kier alpha value is -0.790. The minimum Gasteiger partial charge on any atom is -0.396 e. The van der Waals surface area contributed by atoms with Crippen molar-refractivity contribution in [2.75, 3.05) is 6.61 Å². The summed E-state index contributed by atoms with van der Waals surface area (Å²) in [7, 11) is 0. The summed E-state index contributed by atoms with van der Waals surface area (Å²) in [5.41, 5.74) is -10.9. The maximum atomic E-state index is 14.9. The summed E-state index contributed by atoms with van der Waals surface area (Å²) >= 11 is 0. The first kappa shape index (κ1) is 30.2. The second-order valence-electron chi connectivity index (χ2n) is 9.24. The Bertz CT molecular complexity index is 612. The van der Waals surface area contributed by atoms with Gasteiger partial charge in [0.1, 0.15) is 5.60 Å². The molecule has 0 amide bonds. The number of halogens is 9. The highest BCUT2D eigenvalue weighted by atomic mass is 19.4. The maximum Gasteiger partial charge on any atom is 0.523 e. The van der Waals surface area contributed by atoms with E-state index in [9.17, 15) is 39.5 Å². The fourth-order valence-corrected chi connectivity index (χ4v) is 2.36. The second kappa shape index (κ2) is 8.53. The van der Waals surface area contributed by atoms with Crippen molar-refractivity contribution in [3.8, 4) is 0 Å². The Labute approximate surface area is 175 Å². The van der Waals surface area contributed by atoms with Crippen molar-refractivity contribution in [3.05, 3.63) is 0 Å². The van der Waals surface area contributed by atoms with Crippen LogP contribution in [0.3, 0.4) is 0 Å². The van der Waals surface area contributed by atoms with Crippen molar-refractivity contribution >= 4 is 0 Å². The average molecular weight is 480 g/mol. The van der Waals surface area contributed by atoms with Gasteiger partial charge in [-0.2, -0.15) is 26.3 Å². The number of hydrogen-bond acceptors (Lipinski definition) is 4. The molecule has 0 bridgehead atoms. The molecule has 13 heteroatoms. The summed E-state index contributed by atoms with van der Waals surface area (Å²) in [6.45, 7) is 4.64. The number of aliphatic hydroxyl groups excluding tert-OH is 1. The zero-order chi connectivity index (χ0) is 25.5. The fourth-order valence-electron chi connectivity index (χ4n) is 2.36. The third kappa shape index (κ3) is 6.61. The molecule has 0 aromatic carbocycles. The first-order valence-electron chi connectivity index (χ1n) is 9.10. The predicted octanol–water partition coefficient (Wildman–Crippen LogP) is 6.12. The Balaban J connectivity index is 6.02. The molecule has 4 nitrogen and oxygen atoms in total. The summed E-state index contributed by atoms with van der Waals surface area (Å²) in [5, 5.41) is 8.94. The molecule has 0 atom stereocenters. The van der Waals surface area contributed by atoms with Gasteiger partial charge in [0.05, 0.1) is 16.6 Å². The van der Waals surface area contributed by atoms with E-state index in [2.05, 4.69) is 14.2 Å². The van der Waals surface area contributed by atoms with Gasteiger partial charge in [0, 0.05) is 6.61 Å². The van der Waals surface area contributed by atoms with Crippen LogP contribution < -0.4 is 0 Å². The van der Waals surface area contributed by atoms with Gasteiger partial charge >= 0.3 is 24.5 Å². The molecule has 0 rings (SSSR count). The van der Waals surface area contributed by atoms with Crippen molar-refractivity contribution in [3.63, 3.8) is 0 Å². The van der Waals surface area contributed by atoms with Gasteiger partial charge in [0.25, 0.3) is 0 Å². The summed E-state index contributed by atoms with van der Waals surface area (Å²) < 4.78 is 136. The van der Waals surface area contributed by atoms with Crippen LogP contribution in [0.2, 0.25) is 0 Å². The second-order valence-corrected chi connectivity index (χ2v) is 9.24. The van der Waals surface area contributed by atoms with Crippen LogP contribution in [0.5, 0.6) is 0 Å². The SMILES string of the molecule is CC(C)(CCO)OC(F)(F)C(C)(C)C(C)(C)OC(F)(F)C(F)(F)C(C)(C)OC(F)(F)F. The largest absolute Gasteiger partial charge is 0.523 e. The van der Waals surface area contributed by atoms with Crippen LogP contribution in [0.4, 0.5) is 39.5 Å².